The van der Waals surface area contributed by atoms with Crippen LogP contribution in [-0.2, 0) is 0 Å². The van der Waals surface area contributed by atoms with Crippen LogP contribution in [0.3, 0.4) is 0 Å². The number of carbonyl (C=O) groups excluding carboxylic acids is 1. The molecule has 7 heteroatoms. The van der Waals surface area contributed by atoms with E-state index in [1.807, 2.05) is 32.0 Å². The number of hydrazone groups is 1. The van der Waals surface area contributed by atoms with E-state index < -0.39 is 5.91 Å². The highest BCUT2D eigenvalue weighted by Gasteiger charge is 2.10. The van der Waals surface area contributed by atoms with Gasteiger partial charge in [-0.15, -0.1) is 0 Å². The average Bonchev–Trinajstić information content (AvgIpc) is 2.65. The summed E-state index contributed by atoms with van der Waals surface area (Å²) in [6.45, 7) is 5.29. The molecule has 0 unspecified atom stereocenters. The van der Waals surface area contributed by atoms with E-state index >= 15 is 0 Å². The molecule has 0 heterocycles. The predicted molar refractivity (Wildman–Crippen MR) is 110 cm³/mol. The smallest absolute Gasteiger partial charge is 0.272 e. The van der Waals surface area contributed by atoms with Gasteiger partial charge < -0.3 is 9.47 Å². The van der Waals surface area contributed by atoms with E-state index in [2.05, 4.69) is 10.5 Å². The number of rotatable bonds is 9. The molecule has 1 amide bonds. The van der Waals surface area contributed by atoms with Gasteiger partial charge in [0.25, 0.3) is 5.91 Å². The maximum atomic E-state index is 12.2. The fourth-order valence-electron chi connectivity index (χ4n) is 2.16. The third kappa shape index (κ3) is 6.45. The van der Waals surface area contributed by atoms with Crippen molar-refractivity contribution < 1.29 is 14.3 Å². The van der Waals surface area contributed by atoms with Crippen molar-refractivity contribution in [1.29, 1.82) is 0 Å². The summed E-state index contributed by atoms with van der Waals surface area (Å²) < 4.78 is 11.4. The minimum atomic E-state index is -0.424. The summed E-state index contributed by atoms with van der Waals surface area (Å²) in [5, 5.41) is 4.73. The molecular formula is C20H22Cl2N2O3. The number of halogens is 2. The van der Waals surface area contributed by atoms with Crippen LogP contribution in [0.2, 0.25) is 10.0 Å². The number of benzene rings is 2. The van der Waals surface area contributed by atoms with Crippen molar-refractivity contribution in [3.05, 3.63) is 57.6 Å². The summed E-state index contributed by atoms with van der Waals surface area (Å²) in [6.07, 6.45) is 3.33. The van der Waals surface area contributed by atoms with Gasteiger partial charge in [0.1, 0.15) is 11.5 Å². The molecule has 1 N–H and O–H groups in total. The van der Waals surface area contributed by atoms with Crippen molar-refractivity contribution in [3.63, 3.8) is 0 Å². The van der Waals surface area contributed by atoms with Gasteiger partial charge in [-0.3, -0.25) is 4.79 Å². The van der Waals surface area contributed by atoms with Crippen molar-refractivity contribution >= 4 is 35.3 Å². The van der Waals surface area contributed by atoms with Gasteiger partial charge in [-0.05, 0) is 43.2 Å². The predicted octanol–water partition coefficient (Wildman–Crippen LogP) is 5.33. The molecule has 5 nitrogen and oxygen atoms in total. The second kappa shape index (κ2) is 10.8. The molecule has 0 aliphatic carbocycles. The van der Waals surface area contributed by atoms with Crippen molar-refractivity contribution in [2.45, 2.75) is 26.7 Å². The topological polar surface area (TPSA) is 59.9 Å². The minimum Gasteiger partial charge on any atom is -0.493 e. The van der Waals surface area contributed by atoms with Crippen LogP contribution < -0.4 is 14.9 Å². The number of carbonyl (C=O) groups is 1. The van der Waals surface area contributed by atoms with E-state index in [4.69, 9.17) is 32.7 Å². The van der Waals surface area contributed by atoms with Crippen molar-refractivity contribution in [2.75, 3.05) is 13.2 Å². The average molecular weight is 409 g/mol. The second-order valence-electron chi connectivity index (χ2n) is 5.72. The summed E-state index contributed by atoms with van der Waals surface area (Å²) in [6, 6.07) is 10.1. The first kappa shape index (κ1) is 21.1. The molecule has 2 rings (SSSR count). The monoisotopic (exact) mass is 408 g/mol. The lowest BCUT2D eigenvalue weighted by Crippen LogP contribution is -2.18. The van der Waals surface area contributed by atoms with Crippen LogP contribution in [0.5, 0.6) is 11.5 Å². The van der Waals surface area contributed by atoms with E-state index in [0.717, 1.165) is 24.2 Å². The first-order valence-corrected chi connectivity index (χ1v) is 9.48. The molecule has 144 valence electrons. The van der Waals surface area contributed by atoms with Gasteiger partial charge in [0, 0.05) is 16.7 Å². The Kier molecular flexibility index (Phi) is 8.43. The SMILES string of the molecule is CCCOc1ccc(/C=N/NC(=O)c2ccc(Cl)cc2Cl)c(OCCC)c1. The lowest BCUT2D eigenvalue weighted by molar-refractivity contribution is 0.0955. The van der Waals surface area contributed by atoms with Crippen LogP contribution in [0.4, 0.5) is 0 Å². The highest BCUT2D eigenvalue weighted by Crippen LogP contribution is 2.24. The summed E-state index contributed by atoms with van der Waals surface area (Å²) in [7, 11) is 0. The van der Waals surface area contributed by atoms with E-state index in [1.54, 1.807) is 12.1 Å². The van der Waals surface area contributed by atoms with E-state index in [-0.39, 0.29) is 5.02 Å². The molecule has 0 aliphatic rings. The Morgan fingerprint density at radius 1 is 1.07 bits per heavy atom. The second-order valence-corrected chi connectivity index (χ2v) is 6.56. The molecule has 0 radical (unpaired) electrons. The summed E-state index contributed by atoms with van der Waals surface area (Å²) in [4.78, 5) is 12.2. The van der Waals surface area contributed by atoms with Crippen LogP contribution in [0.1, 0.15) is 42.6 Å². The Hall–Kier alpha value is -2.24. The lowest BCUT2D eigenvalue weighted by atomic mass is 10.2. The van der Waals surface area contributed by atoms with Crippen LogP contribution in [0.25, 0.3) is 0 Å². The fourth-order valence-corrected chi connectivity index (χ4v) is 2.66. The molecule has 2 aromatic rings. The van der Waals surface area contributed by atoms with E-state index in [9.17, 15) is 4.79 Å². The van der Waals surface area contributed by atoms with Gasteiger partial charge in [-0.2, -0.15) is 5.10 Å². The normalized spacial score (nSPS) is 10.8. The van der Waals surface area contributed by atoms with Gasteiger partial charge in [-0.1, -0.05) is 37.0 Å². The number of nitrogens with zero attached hydrogens (tertiary/aromatic N) is 1. The number of amides is 1. The molecule has 27 heavy (non-hydrogen) atoms. The minimum absolute atomic E-state index is 0.264. The van der Waals surface area contributed by atoms with Crippen molar-refractivity contribution in [1.82, 2.24) is 5.43 Å². The molecule has 0 aromatic heterocycles. The highest BCUT2D eigenvalue weighted by atomic mass is 35.5. The fraction of sp³-hybridized carbons (Fsp3) is 0.300. The van der Waals surface area contributed by atoms with E-state index in [0.29, 0.717) is 29.5 Å². The molecule has 0 fully saturated rings. The molecule has 0 atom stereocenters. The zero-order valence-electron chi connectivity index (χ0n) is 15.3. The molecule has 0 saturated heterocycles. The number of nitrogens with one attached hydrogen (secondary N) is 1. The number of hydrogen-bond acceptors (Lipinski definition) is 4. The van der Waals surface area contributed by atoms with Gasteiger partial charge in [0.05, 0.1) is 30.0 Å². The molecule has 0 bridgehead atoms. The molecule has 2 aromatic carbocycles. The van der Waals surface area contributed by atoms with Crippen LogP contribution >= 0.6 is 23.2 Å². The van der Waals surface area contributed by atoms with Crippen LogP contribution in [-0.4, -0.2) is 25.3 Å². The Labute approximate surface area is 169 Å². The third-order valence-corrected chi connectivity index (χ3v) is 4.01. The first-order chi connectivity index (χ1) is 13.0. The Morgan fingerprint density at radius 2 is 1.81 bits per heavy atom. The lowest BCUT2D eigenvalue weighted by Gasteiger charge is -2.11. The maximum absolute atomic E-state index is 12.2. The van der Waals surface area contributed by atoms with Crippen LogP contribution in [0.15, 0.2) is 41.5 Å². The van der Waals surface area contributed by atoms with Crippen molar-refractivity contribution in [3.8, 4) is 11.5 Å². The number of hydrogen-bond donors (Lipinski definition) is 1. The van der Waals surface area contributed by atoms with E-state index in [1.165, 1.54) is 12.3 Å². The van der Waals surface area contributed by atoms with Gasteiger partial charge >= 0.3 is 0 Å². The molecule has 0 saturated carbocycles. The summed E-state index contributed by atoms with van der Waals surface area (Å²) in [5.41, 5.74) is 3.48. The third-order valence-electron chi connectivity index (χ3n) is 3.47. The molecular weight excluding hydrogens is 387 g/mol. The zero-order chi connectivity index (χ0) is 19.6. The van der Waals surface area contributed by atoms with Crippen molar-refractivity contribution in [2.24, 2.45) is 5.10 Å². The number of ether oxygens (including phenoxy) is 2. The molecule has 0 aliphatic heterocycles. The Bertz CT molecular complexity index is 810. The Balaban J connectivity index is 2.10. The summed E-state index contributed by atoms with van der Waals surface area (Å²) >= 11 is 11.9. The zero-order valence-corrected chi connectivity index (χ0v) is 16.8. The van der Waals surface area contributed by atoms with Gasteiger partial charge in [0.15, 0.2) is 0 Å². The summed E-state index contributed by atoms with van der Waals surface area (Å²) in [5.74, 6) is 0.955. The van der Waals surface area contributed by atoms with Crippen LogP contribution in [0, 0.1) is 0 Å². The maximum Gasteiger partial charge on any atom is 0.272 e. The van der Waals surface area contributed by atoms with Gasteiger partial charge in [0.2, 0.25) is 0 Å². The Morgan fingerprint density at radius 3 is 2.52 bits per heavy atom. The largest absolute Gasteiger partial charge is 0.493 e. The quantitative estimate of drug-likeness (QED) is 0.450. The standard InChI is InChI=1S/C20H22Cl2N2O3/c1-3-9-26-16-7-5-14(19(12-16)27-10-4-2)13-23-24-20(25)17-8-6-15(21)11-18(17)22/h5-8,11-13H,3-4,9-10H2,1-2H3,(H,24,25)/b23-13+. The van der Waals surface area contributed by atoms with Gasteiger partial charge in [-0.25, -0.2) is 5.43 Å². The highest BCUT2D eigenvalue weighted by molar-refractivity contribution is 6.36. The first-order valence-electron chi connectivity index (χ1n) is 8.73. The molecule has 0 spiro atoms.